The van der Waals surface area contributed by atoms with Gasteiger partial charge in [-0.3, -0.25) is 9.59 Å². The minimum absolute atomic E-state index is 0.287. The molecule has 4 aliphatic carbocycles. The maximum atomic E-state index is 18.0. The van der Waals surface area contributed by atoms with Crippen LogP contribution in [-0.2, 0) is 57.0 Å². The monoisotopic (exact) mass is 1370 g/mol. The van der Waals surface area contributed by atoms with Crippen molar-refractivity contribution in [3.05, 3.63) is 57.7 Å². The standard InChI is InChI=1S/C68H88N6O24/c1-13-67(97-37-21-33(89-11)57(81)25(5)93-37)51(63(87)45-43-47(61(85)41-29(77)17-15-27(75)39(41)59(43)83)53(71-69)49(45)65(67)95-35-19-31(79)55(73(7)8)23(3)91-35)52-64(88)46-44-48(62(86)42-30(78)18-16-28(76)40(42)60(44)84)54(72-70)50(46)66(96-36-20-32(80)56(74(9)10)24(4)92-36)68(52,14-2)98-38-22-34(90-12)58(82)26(6)94-38/h15-18,23-26,31-38,51-52,55-58,65-66,75-86H,13-14,19-22,69-70H2,1-12H3. The number of phenols is 8. The quantitative estimate of drug-likeness (QED) is 0.0462. The van der Waals surface area contributed by atoms with Gasteiger partial charge in [0.15, 0.2) is 36.7 Å². The van der Waals surface area contributed by atoms with Crippen molar-refractivity contribution in [2.45, 2.75) is 202 Å². The van der Waals surface area contributed by atoms with Crippen LogP contribution in [0.4, 0.5) is 0 Å². The van der Waals surface area contributed by atoms with E-state index in [1.807, 2.05) is 0 Å². The van der Waals surface area contributed by atoms with Gasteiger partial charge >= 0.3 is 0 Å². The average molecular weight is 1370 g/mol. The van der Waals surface area contributed by atoms with Crippen LogP contribution < -0.4 is 11.7 Å². The summed E-state index contributed by atoms with van der Waals surface area (Å²) >= 11 is 0. The van der Waals surface area contributed by atoms with Gasteiger partial charge in [0.2, 0.25) is 0 Å². The summed E-state index contributed by atoms with van der Waals surface area (Å²) in [6.07, 6.45) is -22.9. The van der Waals surface area contributed by atoms with Gasteiger partial charge in [-0.1, -0.05) is 13.8 Å². The highest BCUT2D eigenvalue weighted by atomic mass is 16.7. The molecule has 4 aromatic carbocycles. The van der Waals surface area contributed by atoms with E-state index in [1.165, 1.54) is 14.2 Å². The summed E-state index contributed by atoms with van der Waals surface area (Å²) in [7, 11) is 9.69. The first-order valence-corrected chi connectivity index (χ1v) is 32.8. The van der Waals surface area contributed by atoms with Gasteiger partial charge in [0.25, 0.3) is 0 Å². The summed E-state index contributed by atoms with van der Waals surface area (Å²) in [5, 5.41) is 152. The second-order valence-electron chi connectivity index (χ2n) is 27.3. The lowest BCUT2D eigenvalue weighted by Gasteiger charge is -2.58. The number of hydrogen-bond acceptors (Lipinski definition) is 30. The lowest BCUT2D eigenvalue weighted by atomic mass is 9.54. The molecule has 0 radical (unpaired) electrons. The SMILES string of the molecule is CCC1(OC2CC(OC)C(O)C(C)O2)C(OC2CC(O)C(N(C)C)C(C)O2)C2=C(C(=O)C1C1C(=O)C3=C(C(=NN)c4c3c(O)c3c(O)ccc(O)c3c4O)C(OC3CC(O)C(N(C)C)C(C)O3)C1(CC)OC1CC(OC)C(O)C(C)O1)c1c(c(O)c3c(O)ccc(O)c3c1O)C2=NN. The first kappa shape index (κ1) is 70.8. The number of aliphatic hydroxyl groups is 4. The fourth-order valence-electron chi connectivity index (χ4n) is 17.3. The molecule has 4 aliphatic heterocycles. The Hall–Kier alpha value is -7.08. The normalized spacial score (nSPS) is 37.4. The maximum Gasteiger partial charge on any atom is 0.171 e. The van der Waals surface area contributed by atoms with E-state index in [9.17, 15) is 61.3 Å². The highest BCUT2D eigenvalue weighted by molar-refractivity contribution is 6.44. The second-order valence-corrected chi connectivity index (χ2v) is 27.3. The van der Waals surface area contributed by atoms with E-state index >= 15 is 9.59 Å². The third kappa shape index (κ3) is 10.6. The van der Waals surface area contributed by atoms with Crippen LogP contribution in [0.5, 0.6) is 46.0 Å². The zero-order chi connectivity index (χ0) is 71.1. The molecule has 22 atom stereocenters. The van der Waals surface area contributed by atoms with Gasteiger partial charge in [0, 0.05) is 73.3 Å². The Morgan fingerprint density at radius 1 is 0.490 bits per heavy atom. The molecule has 4 fully saturated rings. The Balaban J connectivity index is 1.23. The molecular formula is C68H88N6O24. The lowest BCUT2D eigenvalue weighted by molar-refractivity contribution is -0.344. The van der Waals surface area contributed by atoms with E-state index in [0.717, 1.165) is 24.3 Å². The van der Waals surface area contributed by atoms with E-state index in [0.29, 0.717) is 0 Å². The number of hydrogen-bond donors (Lipinski definition) is 14. The number of likely N-dealkylation sites (N-methyl/N-ethyl adjacent to an activating group) is 2. The number of phenolic OH excluding ortho intramolecular Hbond substituents is 8. The maximum absolute atomic E-state index is 18.0. The van der Waals surface area contributed by atoms with E-state index in [1.54, 1.807) is 79.5 Å². The molecule has 4 heterocycles. The minimum atomic E-state index is -2.54. The Kier molecular flexibility index (Phi) is 18.9. The molecule has 0 bridgehead atoms. The molecule has 4 saturated heterocycles. The molecule has 30 nitrogen and oxygen atoms in total. The number of aliphatic hydroxyl groups excluding tert-OH is 4. The van der Waals surface area contributed by atoms with Crippen molar-refractivity contribution >= 4 is 55.7 Å². The van der Waals surface area contributed by atoms with Gasteiger partial charge in [-0.15, -0.1) is 0 Å². The van der Waals surface area contributed by atoms with E-state index < -0.39 is 270 Å². The number of ketones is 2. The zero-order valence-corrected chi connectivity index (χ0v) is 56.3. The number of carbonyl (C=O) groups excluding carboxylic acids is 2. The van der Waals surface area contributed by atoms with Gasteiger partial charge in [-0.2, -0.15) is 10.2 Å². The number of carbonyl (C=O) groups is 2. The van der Waals surface area contributed by atoms with Crippen molar-refractivity contribution in [1.82, 2.24) is 9.80 Å². The van der Waals surface area contributed by atoms with Crippen LogP contribution in [0.15, 0.2) is 45.6 Å². The molecule has 12 rings (SSSR count). The number of rotatable bonds is 15. The summed E-state index contributed by atoms with van der Waals surface area (Å²) in [6, 6.07) is 2.92. The molecule has 98 heavy (non-hydrogen) atoms. The third-order valence-corrected chi connectivity index (χ3v) is 21.7. The predicted octanol–water partition coefficient (Wildman–Crippen LogP) is 2.57. The largest absolute Gasteiger partial charge is 0.507 e. The highest BCUT2D eigenvalue weighted by Gasteiger charge is 2.72. The number of aromatic hydroxyl groups is 8. The molecule has 8 aliphatic rings. The number of allylic oxidation sites excluding steroid dienone is 2. The Labute approximate surface area is 563 Å². The Morgan fingerprint density at radius 2 is 0.796 bits per heavy atom. The molecule has 0 spiro atoms. The molecule has 4 aromatic rings. The number of hydrazone groups is 2. The smallest absolute Gasteiger partial charge is 0.171 e. The number of Topliss-reactive ketones (excluding diaryl/α,β-unsaturated/α-hetero) is 2. The number of benzene rings is 4. The van der Waals surface area contributed by atoms with Crippen LogP contribution in [0.1, 0.15) is 102 Å². The van der Waals surface area contributed by atoms with Gasteiger partial charge in [-0.25, -0.2) is 0 Å². The summed E-state index contributed by atoms with van der Waals surface area (Å²) in [6.45, 7) is 9.67. The molecule has 16 N–H and O–H groups in total. The molecular weight excluding hydrogens is 1280 g/mol. The molecule has 22 unspecified atom stereocenters. The molecule has 534 valence electrons. The molecule has 0 amide bonds. The molecule has 30 heteroatoms. The summed E-state index contributed by atoms with van der Waals surface area (Å²) < 4.78 is 68.3. The van der Waals surface area contributed by atoms with Gasteiger partial charge < -0.3 is 130 Å². The fraction of sp³-hybridized carbons (Fsp3) is 0.588. The Bertz CT molecular complexity index is 3720. The zero-order valence-electron chi connectivity index (χ0n) is 56.3. The van der Waals surface area contributed by atoms with Crippen LogP contribution in [0, 0.1) is 11.8 Å². The summed E-state index contributed by atoms with van der Waals surface area (Å²) in [5.74, 6) is 0.0725. The highest BCUT2D eigenvalue weighted by Crippen LogP contribution is 2.65. The number of fused-ring (bicyclic) bond motifs is 6. The van der Waals surface area contributed by atoms with Crippen molar-refractivity contribution in [1.29, 1.82) is 0 Å². The van der Waals surface area contributed by atoms with E-state index in [-0.39, 0.29) is 36.8 Å². The molecule has 0 aromatic heterocycles. The van der Waals surface area contributed by atoms with Crippen LogP contribution in [0.25, 0.3) is 32.7 Å². The third-order valence-electron chi connectivity index (χ3n) is 21.7. The van der Waals surface area contributed by atoms with Crippen LogP contribution in [-0.4, -0.2) is 258 Å². The van der Waals surface area contributed by atoms with Crippen LogP contribution in [0.2, 0.25) is 0 Å². The number of methoxy groups -OCH3 is 2. The number of nitrogens with zero attached hydrogens (tertiary/aromatic N) is 4. The number of ether oxygens (including phenoxy) is 10. The predicted molar refractivity (Wildman–Crippen MR) is 348 cm³/mol. The van der Waals surface area contributed by atoms with Gasteiger partial charge in [0.1, 0.15) is 93.0 Å². The van der Waals surface area contributed by atoms with Crippen molar-refractivity contribution < 1.29 is 118 Å². The lowest BCUT2D eigenvalue weighted by Crippen LogP contribution is -2.71. The average Bonchev–Trinajstić information content (AvgIpc) is 1.41. The van der Waals surface area contributed by atoms with Gasteiger partial charge in [0.05, 0.1) is 105 Å². The van der Waals surface area contributed by atoms with Crippen LogP contribution in [0.3, 0.4) is 0 Å². The van der Waals surface area contributed by atoms with Crippen molar-refractivity contribution in [2.24, 2.45) is 33.7 Å². The summed E-state index contributed by atoms with van der Waals surface area (Å²) in [4.78, 5) is 39.5. The van der Waals surface area contributed by atoms with Crippen molar-refractivity contribution in [3.63, 3.8) is 0 Å². The first-order chi connectivity index (χ1) is 46.4. The molecule has 0 saturated carbocycles. The first-order valence-electron chi connectivity index (χ1n) is 32.8. The fourth-order valence-corrected chi connectivity index (χ4v) is 17.3. The van der Waals surface area contributed by atoms with Crippen molar-refractivity contribution in [2.75, 3.05) is 42.4 Å². The van der Waals surface area contributed by atoms with Crippen molar-refractivity contribution in [3.8, 4) is 46.0 Å². The number of nitrogens with two attached hydrogens (primary N) is 2. The summed E-state index contributed by atoms with van der Waals surface area (Å²) in [5.41, 5.74) is -9.76. The Morgan fingerprint density at radius 3 is 1.07 bits per heavy atom. The second kappa shape index (κ2) is 26.1. The topological polar surface area (TPSA) is 452 Å². The van der Waals surface area contributed by atoms with E-state index in [4.69, 9.17) is 59.1 Å². The van der Waals surface area contributed by atoms with E-state index in [2.05, 4.69) is 10.2 Å². The van der Waals surface area contributed by atoms with Gasteiger partial charge in [-0.05, 0) is 93.0 Å². The van der Waals surface area contributed by atoms with Crippen LogP contribution >= 0.6 is 0 Å². The minimum Gasteiger partial charge on any atom is -0.507 e.